The van der Waals surface area contributed by atoms with E-state index in [1.807, 2.05) is 0 Å². The number of nitrogens with one attached hydrogen (secondary N) is 2. The molecule has 2 aliphatic heterocycles. The van der Waals surface area contributed by atoms with Gasteiger partial charge in [0, 0.05) is 38.6 Å². The lowest BCUT2D eigenvalue weighted by Crippen LogP contribution is -2.28. The molecular formula is C14H28N6. The standard InChI is InChI=1S/C14H28N6/c15-5-3-9-19(13-11-17-13)7-1-2-8-20(10-4-6-16)14-12-18-14/h11-12,17-18H,1-10,15-16H2. The van der Waals surface area contributed by atoms with Crippen molar-refractivity contribution in [3.8, 4) is 0 Å². The molecule has 0 aliphatic carbocycles. The Kier molecular flexibility index (Phi) is 6.01. The Morgan fingerprint density at radius 1 is 0.700 bits per heavy atom. The Balaban J connectivity index is 1.59. The fourth-order valence-electron chi connectivity index (χ4n) is 2.30. The molecule has 0 aromatic heterocycles. The summed E-state index contributed by atoms with van der Waals surface area (Å²) in [6.07, 6.45) is 8.63. The topological polar surface area (TPSA) is 102 Å². The largest absolute Gasteiger partial charge is 0.357 e. The molecular weight excluding hydrogens is 252 g/mol. The lowest BCUT2D eigenvalue weighted by atomic mass is 10.2. The zero-order valence-electron chi connectivity index (χ0n) is 12.3. The molecule has 0 fully saturated rings. The van der Waals surface area contributed by atoms with E-state index in [0.717, 1.165) is 52.1 Å². The molecule has 0 amide bonds. The lowest BCUT2D eigenvalue weighted by Gasteiger charge is -2.23. The van der Waals surface area contributed by atoms with Gasteiger partial charge in [-0.2, -0.15) is 0 Å². The monoisotopic (exact) mass is 280 g/mol. The number of hydrogen-bond donors (Lipinski definition) is 4. The van der Waals surface area contributed by atoms with Crippen LogP contribution in [0.1, 0.15) is 25.7 Å². The van der Waals surface area contributed by atoms with Gasteiger partial charge in [0.2, 0.25) is 0 Å². The number of unbranched alkanes of at least 4 members (excludes halogenated alkanes) is 1. The van der Waals surface area contributed by atoms with Gasteiger partial charge in [-0.15, -0.1) is 0 Å². The second-order valence-electron chi connectivity index (χ2n) is 5.31. The molecule has 0 spiro atoms. The predicted molar refractivity (Wildman–Crippen MR) is 82.2 cm³/mol. The van der Waals surface area contributed by atoms with Crippen LogP contribution >= 0.6 is 0 Å². The Bertz CT molecular complexity index is 318. The van der Waals surface area contributed by atoms with Gasteiger partial charge >= 0.3 is 0 Å². The number of rotatable bonds is 13. The minimum Gasteiger partial charge on any atom is -0.357 e. The minimum absolute atomic E-state index is 0.760. The van der Waals surface area contributed by atoms with Crippen molar-refractivity contribution in [2.24, 2.45) is 11.5 Å². The second-order valence-corrected chi connectivity index (χ2v) is 5.31. The average Bonchev–Trinajstić information content (AvgIpc) is 3.31. The van der Waals surface area contributed by atoms with E-state index in [1.54, 1.807) is 0 Å². The van der Waals surface area contributed by atoms with Crippen molar-refractivity contribution in [1.29, 1.82) is 0 Å². The molecule has 0 atom stereocenters. The number of nitrogens with two attached hydrogens (primary N) is 2. The van der Waals surface area contributed by atoms with E-state index in [1.165, 1.54) is 24.5 Å². The molecule has 0 bridgehead atoms. The van der Waals surface area contributed by atoms with Crippen LogP contribution in [0, 0.1) is 0 Å². The van der Waals surface area contributed by atoms with E-state index in [4.69, 9.17) is 11.5 Å². The highest BCUT2D eigenvalue weighted by Gasteiger charge is 2.17. The van der Waals surface area contributed by atoms with Crippen LogP contribution in [0.2, 0.25) is 0 Å². The van der Waals surface area contributed by atoms with Crippen LogP contribution in [-0.2, 0) is 0 Å². The van der Waals surface area contributed by atoms with Crippen LogP contribution in [0.15, 0.2) is 24.0 Å². The summed E-state index contributed by atoms with van der Waals surface area (Å²) in [5.74, 6) is 2.54. The zero-order chi connectivity index (χ0) is 14.2. The van der Waals surface area contributed by atoms with Crippen molar-refractivity contribution in [3.05, 3.63) is 24.0 Å². The van der Waals surface area contributed by atoms with Crippen molar-refractivity contribution in [2.75, 3.05) is 39.3 Å². The van der Waals surface area contributed by atoms with Crippen LogP contribution in [0.5, 0.6) is 0 Å². The zero-order valence-corrected chi connectivity index (χ0v) is 12.3. The highest BCUT2D eigenvalue weighted by atomic mass is 15.3. The SMILES string of the molecule is NCCCN(CCCCN(CCCN)C1=CN1)C1=CN1. The highest BCUT2D eigenvalue weighted by Crippen LogP contribution is 2.14. The molecule has 0 saturated heterocycles. The molecule has 0 saturated carbocycles. The number of hydrogen-bond acceptors (Lipinski definition) is 6. The van der Waals surface area contributed by atoms with Crippen molar-refractivity contribution in [1.82, 2.24) is 20.4 Å². The summed E-state index contributed by atoms with van der Waals surface area (Å²) < 4.78 is 0. The van der Waals surface area contributed by atoms with E-state index in [9.17, 15) is 0 Å². The third kappa shape index (κ3) is 5.30. The Hall–Kier alpha value is -1.40. The molecule has 6 nitrogen and oxygen atoms in total. The van der Waals surface area contributed by atoms with Gasteiger partial charge in [0.15, 0.2) is 0 Å². The van der Waals surface area contributed by atoms with Crippen LogP contribution in [0.3, 0.4) is 0 Å². The lowest BCUT2D eigenvalue weighted by molar-refractivity contribution is 0.306. The first-order chi connectivity index (χ1) is 9.85. The van der Waals surface area contributed by atoms with Gasteiger partial charge < -0.3 is 31.9 Å². The maximum atomic E-state index is 5.58. The normalized spacial score (nSPS) is 14.9. The molecule has 2 aliphatic rings. The average molecular weight is 280 g/mol. The van der Waals surface area contributed by atoms with E-state index in [2.05, 4.69) is 32.8 Å². The third-order valence-corrected chi connectivity index (χ3v) is 3.60. The van der Waals surface area contributed by atoms with Gasteiger partial charge in [-0.1, -0.05) is 0 Å². The first-order valence-corrected chi connectivity index (χ1v) is 7.68. The smallest absolute Gasteiger partial charge is 0.122 e. The van der Waals surface area contributed by atoms with E-state index in [-0.39, 0.29) is 0 Å². The molecule has 0 unspecified atom stereocenters. The summed E-state index contributed by atoms with van der Waals surface area (Å²) in [5.41, 5.74) is 11.2. The Morgan fingerprint density at radius 3 is 1.35 bits per heavy atom. The van der Waals surface area contributed by atoms with Gasteiger partial charge in [0.25, 0.3) is 0 Å². The molecule has 2 rings (SSSR count). The molecule has 0 radical (unpaired) electrons. The molecule has 0 aromatic rings. The van der Waals surface area contributed by atoms with Crippen LogP contribution in [0.4, 0.5) is 0 Å². The maximum absolute atomic E-state index is 5.58. The summed E-state index contributed by atoms with van der Waals surface area (Å²) in [6.45, 7) is 5.84. The van der Waals surface area contributed by atoms with E-state index >= 15 is 0 Å². The summed E-state index contributed by atoms with van der Waals surface area (Å²) in [5, 5.41) is 6.37. The highest BCUT2D eigenvalue weighted by molar-refractivity contribution is 5.15. The van der Waals surface area contributed by atoms with Crippen LogP contribution in [-0.4, -0.2) is 49.1 Å². The van der Waals surface area contributed by atoms with E-state index in [0.29, 0.717) is 0 Å². The van der Waals surface area contributed by atoms with Crippen molar-refractivity contribution < 1.29 is 0 Å². The molecule has 6 N–H and O–H groups in total. The summed E-state index contributed by atoms with van der Waals surface area (Å²) in [6, 6.07) is 0. The van der Waals surface area contributed by atoms with Crippen molar-refractivity contribution in [3.63, 3.8) is 0 Å². The van der Waals surface area contributed by atoms with Gasteiger partial charge in [-0.3, -0.25) is 0 Å². The van der Waals surface area contributed by atoms with Gasteiger partial charge in [0.1, 0.15) is 11.6 Å². The summed E-state index contributed by atoms with van der Waals surface area (Å²) >= 11 is 0. The molecule has 0 aromatic carbocycles. The summed E-state index contributed by atoms with van der Waals surface area (Å²) in [4.78, 5) is 4.79. The van der Waals surface area contributed by atoms with Gasteiger partial charge in [-0.05, 0) is 38.8 Å². The van der Waals surface area contributed by atoms with Gasteiger partial charge in [-0.25, -0.2) is 0 Å². The third-order valence-electron chi connectivity index (χ3n) is 3.60. The van der Waals surface area contributed by atoms with Crippen LogP contribution < -0.4 is 22.1 Å². The first kappa shape index (κ1) is 15.0. The fraction of sp³-hybridized carbons (Fsp3) is 0.714. The molecule has 114 valence electrons. The Morgan fingerprint density at radius 2 is 1.05 bits per heavy atom. The Labute approximate surface area is 121 Å². The molecule has 6 heteroatoms. The van der Waals surface area contributed by atoms with Crippen LogP contribution in [0.25, 0.3) is 0 Å². The van der Waals surface area contributed by atoms with Gasteiger partial charge in [0.05, 0.1) is 0 Å². The van der Waals surface area contributed by atoms with Crippen molar-refractivity contribution in [2.45, 2.75) is 25.7 Å². The van der Waals surface area contributed by atoms with E-state index < -0.39 is 0 Å². The quantitative estimate of drug-likeness (QED) is 0.351. The number of nitrogens with zero attached hydrogens (tertiary/aromatic N) is 2. The first-order valence-electron chi connectivity index (χ1n) is 7.68. The molecule has 2 heterocycles. The molecule has 20 heavy (non-hydrogen) atoms. The second kappa shape index (κ2) is 8.01. The summed E-state index contributed by atoms with van der Waals surface area (Å²) in [7, 11) is 0. The predicted octanol–water partition coefficient (Wildman–Crippen LogP) is -0.128. The maximum Gasteiger partial charge on any atom is 0.122 e. The van der Waals surface area contributed by atoms with Crippen molar-refractivity contribution >= 4 is 0 Å². The fourth-order valence-corrected chi connectivity index (χ4v) is 2.30. The minimum atomic E-state index is 0.760.